The number of halogens is 1. The number of thiazole rings is 1. The Morgan fingerprint density at radius 3 is 2.88 bits per heavy atom. The third-order valence-electron chi connectivity index (χ3n) is 3.59. The minimum atomic E-state index is 0.543. The van der Waals surface area contributed by atoms with Crippen LogP contribution < -0.4 is 0 Å². The van der Waals surface area contributed by atoms with Gasteiger partial charge >= 0.3 is 0 Å². The molecule has 0 spiro atoms. The van der Waals surface area contributed by atoms with Crippen LogP contribution >= 0.6 is 22.9 Å². The van der Waals surface area contributed by atoms with Gasteiger partial charge in [0, 0.05) is 11.4 Å². The molecule has 1 fully saturated rings. The van der Waals surface area contributed by atoms with Gasteiger partial charge in [-0.2, -0.15) is 0 Å². The molecule has 1 heterocycles. The number of rotatable bonds is 7. The van der Waals surface area contributed by atoms with Crippen LogP contribution in [0, 0.1) is 0 Å². The van der Waals surface area contributed by atoms with E-state index in [1.807, 2.05) is 0 Å². The minimum absolute atomic E-state index is 0.543. The monoisotopic (exact) mass is 272 g/mol. The number of unbranched alkanes of at least 4 members (excludes halogenated alkanes) is 1. The Hall–Kier alpha value is -0.120. The van der Waals surface area contributed by atoms with Crippen LogP contribution in [-0.2, 0) is 12.3 Å². The van der Waals surface area contributed by atoms with Crippen molar-refractivity contribution in [2.75, 3.05) is 13.6 Å². The molecule has 0 amide bonds. The van der Waals surface area contributed by atoms with E-state index >= 15 is 0 Å². The van der Waals surface area contributed by atoms with Gasteiger partial charge in [0.1, 0.15) is 0 Å². The van der Waals surface area contributed by atoms with E-state index in [4.69, 9.17) is 11.6 Å². The molecule has 2 rings (SSSR count). The molecule has 0 radical (unpaired) electrons. The van der Waals surface area contributed by atoms with E-state index in [0.29, 0.717) is 5.88 Å². The fraction of sp³-hybridized carbons (Fsp3) is 0.769. The van der Waals surface area contributed by atoms with Crippen molar-refractivity contribution < 1.29 is 0 Å². The maximum atomic E-state index is 5.74. The zero-order valence-electron chi connectivity index (χ0n) is 10.5. The van der Waals surface area contributed by atoms with Crippen molar-refractivity contribution in [1.29, 1.82) is 0 Å². The molecule has 0 N–H and O–H groups in total. The summed E-state index contributed by atoms with van der Waals surface area (Å²) in [6, 6.07) is 0.873. The highest BCUT2D eigenvalue weighted by Crippen LogP contribution is 2.23. The second-order valence-corrected chi connectivity index (χ2v) is 6.10. The molecule has 1 aromatic rings. The van der Waals surface area contributed by atoms with E-state index in [1.165, 1.54) is 43.7 Å². The van der Waals surface area contributed by atoms with Gasteiger partial charge in [0.15, 0.2) is 0 Å². The lowest BCUT2D eigenvalue weighted by molar-refractivity contribution is 0.157. The van der Waals surface area contributed by atoms with Crippen LogP contribution in [0.2, 0.25) is 0 Å². The Balaban J connectivity index is 1.59. The SMILES string of the molecule is CN(CCCCc1nc(CCl)cs1)C1CCC1. The van der Waals surface area contributed by atoms with Crippen molar-refractivity contribution in [1.82, 2.24) is 9.88 Å². The molecule has 96 valence electrons. The van der Waals surface area contributed by atoms with Gasteiger partial charge in [-0.3, -0.25) is 0 Å². The van der Waals surface area contributed by atoms with Crippen LogP contribution in [0.1, 0.15) is 42.8 Å². The molecular weight excluding hydrogens is 252 g/mol. The van der Waals surface area contributed by atoms with E-state index in [1.54, 1.807) is 11.3 Å². The number of hydrogen-bond acceptors (Lipinski definition) is 3. The molecule has 0 saturated heterocycles. The third-order valence-corrected chi connectivity index (χ3v) is 4.82. The van der Waals surface area contributed by atoms with Crippen molar-refractivity contribution in [3.63, 3.8) is 0 Å². The van der Waals surface area contributed by atoms with Crippen LogP contribution in [0.5, 0.6) is 0 Å². The standard InChI is InChI=1S/C13H21ClN2S/c1-16(12-5-4-6-12)8-3-2-7-13-15-11(9-14)10-17-13/h10,12H,2-9H2,1H3. The summed E-state index contributed by atoms with van der Waals surface area (Å²) in [4.78, 5) is 7.00. The smallest absolute Gasteiger partial charge is 0.0928 e. The number of hydrogen-bond donors (Lipinski definition) is 0. The van der Waals surface area contributed by atoms with Gasteiger partial charge in [-0.15, -0.1) is 22.9 Å². The molecule has 0 bridgehead atoms. The number of aryl methyl sites for hydroxylation is 1. The molecule has 2 nitrogen and oxygen atoms in total. The first-order valence-corrected chi connectivity index (χ1v) is 7.90. The summed E-state index contributed by atoms with van der Waals surface area (Å²) in [5, 5.41) is 3.31. The van der Waals surface area contributed by atoms with Crippen molar-refractivity contribution in [3.8, 4) is 0 Å². The lowest BCUT2D eigenvalue weighted by atomic mass is 9.92. The van der Waals surface area contributed by atoms with E-state index in [9.17, 15) is 0 Å². The summed E-state index contributed by atoms with van der Waals surface area (Å²) in [7, 11) is 2.26. The Morgan fingerprint density at radius 2 is 2.29 bits per heavy atom. The van der Waals surface area contributed by atoms with Gasteiger partial charge in [0.25, 0.3) is 0 Å². The largest absolute Gasteiger partial charge is 0.303 e. The lowest BCUT2D eigenvalue weighted by Crippen LogP contribution is -2.37. The zero-order chi connectivity index (χ0) is 12.1. The van der Waals surface area contributed by atoms with Gasteiger partial charge in [-0.25, -0.2) is 4.98 Å². The summed E-state index contributed by atoms with van der Waals surface area (Å²) in [5.41, 5.74) is 1.03. The van der Waals surface area contributed by atoms with Crippen LogP contribution in [0.4, 0.5) is 0 Å². The van der Waals surface area contributed by atoms with E-state index in [2.05, 4.69) is 22.3 Å². The van der Waals surface area contributed by atoms with Gasteiger partial charge in [-0.05, 0) is 45.7 Å². The van der Waals surface area contributed by atoms with Crippen molar-refractivity contribution in [2.45, 2.75) is 50.4 Å². The Morgan fingerprint density at radius 1 is 1.47 bits per heavy atom. The summed E-state index contributed by atoms with van der Waals surface area (Å²) in [6.45, 7) is 1.23. The van der Waals surface area contributed by atoms with E-state index in [-0.39, 0.29) is 0 Å². The molecule has 0 aromatic carbocycles. The predicted molar refractivity (Wildman–Crippen MR) is 74.9 cm³/mol. The van der Waals surface area contributed by atoms with Crippen LogP contribution in [0.15, 0.2) is 5.38 Å². The van der Waals surface area contributed by atoms with Crippen LogP contribution in [0.25, 0.3) is 0 Å². The summed E-state index contributed by atoms with van der Waals surface area (Å²) >= 11 is 7.48. The van der Waals surface area contributed by atoms with Crippen molar-refractivity contribution >= 4 is 22.9 Å². The molecule has 0 atom stereocenters. The van der Waals surface area contributed by atoms with Gasteiger partial charge in [-0.1, -0.05) is 6.42 Å². The van der Waals surface area contributed by atoms with Crippen LogP contribution in [0.3, 0.4) is 0 Å². The number of aromatic nitrogens is 1. The zero-order valence-corrected chi connectivity index (χ0v) is 12.1. The second-order valence-electron chi connectivity index (χ2n) is 4.89. The maximum absolute atomic E-state index is 5.74. The highest BCUT2D eigenvalue weighted by Gasteiger charge is 2.21. The topological polar surface area (TPSA) is 16.1 Å². The van der Waals surface area contributed by atoms with E-state index in [0.717, 1.165) is 18.2 Å². The molecular formula is C13H21ClN2S. The molecule has 0 unspecified atom stereocenters. The molecule has 1 aliphatic rings. The van der Waals surface area contributed by atoms with Crippen molar-refractivity contribution in [2.24, 2.45) is 0 Å². The normalized spacial score (nSPS) is 16.4. The summed E-state index contributed by atoms with van der Waals surface area (Å²) in [6.07, 6.45) is 7.87. The Labute approximate surface area is 113 Å². The number of nitrogens with zero attached hydrogens (tertiary/aromatic N) is 2. The molecule has 0 aliphatic heterocycles. The maximum Gasteiger partial charge on any atom is 0.0928 e. The highest BCUT2D eigenvalue weighted by atomic mass is 35.5. The predicted octanol–water partition coefficient (Wildman–Crippen LogP) is 3.69. The van der Waals surface area contributed by atoms with Gasteiger partial charge in [0.2, 0.25) is 0 Å². The molecule has 1 aliphatic carbocycles. The fourth-order valence-corrected chi connectivity index (χ4v) is 3.24. The van der Waals surface area contributed by atoms with Crippen LogP contribution in [-0.4, -0.2) is 29.5 Å². The fourth-order valence-electron chi connectivity index (χ4n) is 2.17. The highest BCUT2D eigenvalue weighted by molar-refractivity contribution is 7.09. The van der Waals surface area contributed by atoms with Crippen molar-refractivity contribution in [3.05, 3.63) is 16.1 Å². The lowest BCUT2D eigenvalue weighted by Gasteiger charge is -2.34. The first kappa shape index (κ1) is 13.3. The molecule has 17 heavy (non-hydrogen) atoms. The minimum Gasteiger partial charge on any atom is -0.303 e. The number of alkyl halides is 1. The molecule has 1 aromatic heterocycles. The summed E-state index contributed by atoms with van der Waals surface area (Å²) in [5.74, 6) is 0.543. The summed E-state index contributed by atoms with van der Waals surface area (Å²) < 4.78 is 0. The average Bonchev–Trinajstić information content (AvgIpc) is 2.70. The quantitative estimate of drug-likeness (QED) is 0.556. The first-order chi connectivity index (χ1) is 8.29. The first-order valence-electron chi connectivity index (χ1n) is 6.49. The molecule has 1 saturated carbocycles. The second kappa shape index (κ2) is 6.72. The molecule has 4 heteroatoms. The Kier molecular flexibility index (Phi) is 5.26. The van der Waals surface area contributed by atoms with Gasteiger partial charge in [0.05, 0.1) is 16.6 Å². The van der Waals surface area contributed by atoms with E-state index < -0.39 is 0 Å². The Bertz CT molecular complexity index is 336. The van der Waals surface area contributed by atoms with Gasteiger partial charge < -0.3 is 4.90 Å². The average molecular weight is 273 g/mol. The third kappa shape index (κ3) is 3.94.